The molecule has 0 saturated heterocycles. The van der Waals surface area contributed by atoms with E-state index in [0.717, 1.165) is 15.8 Å². The third-order valence-electron chi connectivity index (χ3n) is 4.20. The Bertz CT molecular complexity index is 1100. The summed E-state index contributed by atoms with van der Waals surface area (Å²) in [4.78, 5) is 29.4. The molecular weight excluding hydrogens is 392 g/mol. The van der Waals surface area contributed by atoms with Gasteiger partial charge in [-0.05, 0) is 36.8 Å². The van der Waals surface area contributed by atoms with Crippen molar-refractivity contribution < 1.29 is 23.8 Å². The lowest BCUT2D eigenvalue weighted by molar-refractivity contribution is -0.143. The number of carbonyl (C=O) groups is 2. The van der Waals surface area contributed by atoms with E-state index in [1.54, 1.807) is 43.9 Å². The molecule has 1 heterocycles. The molecule has 0 spiro atoms. The zero-order valence-corrected chi connectivity index (χ0v) is 17.3. The minimum atomic E-state index is -0.371. The Morgan fingerprint density at radius 1 is 1.07 bits per heavy atom. The number of carbonyl (C=O) groups excluding carboxylic acids is 2. The Kier molecular flexibility index (Phi) is 6.66. The fourth-order valence-electron chi connectivity index (χ4n) is 2.91. The van der Waals surface area contributed by atoms with Gasteiger partial charge in [0.2, 0.25) is 0 Å². The van der Waals surface area contributed by atoms with Crippen molar-refractivity contribution in [1.82, 2.24) is 4.57 Å². The molecule has 0 aliphatic rings. The van der Waals surface area contributed by atoms with E-state index in [2.05, 4.69) is 4.99 Å². The van der Waals surface area contributed by atoms with E-state index in [9.17, 15) is 9.59 Å². The number of para-hydroxylation sites is 1. The van der Waals surface area contributed by atoms with Gasteiger partial charge in [0.05, 0.1) is 37.5 Å². The van der Waals surface area contributed by atoms with Crippen LogP contribution in [0.2, 0.25) is 0 Å². The lowest BCUT2D eigenvalue weighted by atomic mass is 10.1. The van der Waals surface area contributed by atoms with Crippen molar-refractivity contribution in [3.8, 4) is 11.5 Å². The quantitative estimate of drug-likeness (QED) is 0.556. The first-order valence-corrected chi connectivity index (χ1v) is 9.89. The van der Waals surface area contributed by atoms with E-state index in [0.29, 0.717) is 22.9 Å². The molecule has 152 valence electrons. The van der Waals surface area contributed by atoms with E-state index in [1.807, 2.05) is 24.3 Å². The number of rotatable bonds is 7. The van der Waals surface area contributed by atoms with Crippen molar-refractivity contribution in [3.63, 3.8) is 0 Å². The molecule has 0 aliphatic heterocycles. The van der Waals surface area contributed by atoms with Crippen molar-refractivity contribution in [2.75, 3.05) is 20.8 Å². The number of methoxy groups -OCH3 is 2. The summed E-state index contributed by atoms with van der Waals surface area (Å²) in [5.41, 5.74) is 1.60. The van der Waals surface area contributed by atoms with Crippen molar-refractivity contribution in [3.05, 3.63) is 52.8 Å². The topological polar surface area (TPSA) is 79.1 Å². The molecule has 8 heteroatoms. The molecule has 0 fully saturated rings. The van der Waals surface area contributed by atoms with E-state index in [1.165, 1.54) is 11.3 Å². The molecule has 0 bridgehead atoms. The fourth-order valence-corrected chi connectivity index (χ4v) is 3.95. The van der Waals surface area contributed by atoms with Gasteiger partial charge in [-0.2, -0.15) is 4.99 Å². The number of aromatic nitrogens is 1. The molecule has 1 aromatic heterocycles. The summed E-state index contributed by atoms with van der Waals surface area (Å²) < 4.78 is 18.2. The van der Waals surface area contributed by atoms with Gasteiger partial charge in [0.15, 0.2) is 16.3 Å². The summed E-state index contributed by atoms with van der Waals surface area (Å²) in [6.07, 6.45) is 0.105. The Balaban J connectivity index is 1.93. The summed E-state index contributed by atoms with van der Waals surface area (Å²) >= 11 is 1.36. The number of hydrogen-bond donors (Lipinski definition) is 0. The van der Waals surface area contributed by atoms with Crippen molar-refractivity contribution in [2.24, 2.45) is 4.99 Å². The van der Waals surface area contributed by atoms with Gasteiger partial charge in [-0.15, -0.1) is 0 Å². The number of amides is 1. The molecule has 1 amide bonds. The first kappa shape index (κ1) is 20.6. The average Bonchev–Trinajstić information content (AvgIpc) is 3.04. The molecule has 2 aromatic carbocycles. The second-order valence-corrected chi connectivity index (χ2v) is 7.12. The van der Waals surface area contributed by atoms with E-state index >= 15 is 0 Å². The van der Waals surface area contributed by atoms with Gasteiger partial charge in [-0.1, -0.05) is 29.5 Å². The SMILES string of the molecule is CCOC(=O)Cn1c(=NC(=O)Cc2ccc(OC)c(OC)c2)sc2ccccc21. The van der Waals surface area contributed by atoms with Crippen LogP contribution in [0.1, 0.15) is 12.5 Å². The highest BCUT2D eigenvalue weighted by Crippen LogP contribution is 2.27. The maximum Gasteiger partial charge on any atom is 0.326 e. The third-order valence-corrected chi connectivity index (χ3v) is 5.26. The van der Waals surface area contributed by atoms with E-state index in [4.69, 9.17) is 14.2 Å². The summed E-state index contributed by atoms with van der Waals surface area (Å²) in [6.45, 7) is 2.05. The first-order valence-electron chi connectivity index (χ1n) is 9.08. The van der Waals surface area contributed by atoms with E-state index in [-0.39, 0.29) is 24.8 Å². The normalized spacial score (nSPS) is 11.5. The Labute approximate surface area is 172 Å². The number of esters is 1. The summed E-state index contributed by atoms with van der Waals surface area (Å²) in [6, 6.07) is 12.9. The zero-order valence-electron chi connectivity index (χ0n) is 16.5. The minimum Gasteiger partial charge on any atom is -0.493 e. The molecular formula is C21H22N2O5S. The van der Waals surface area contributed by atoms with Crippen LogP contribution in [0.15, 0.2) is 47.5 Å². The lowest BCUT2D eigenvalue weighted by Gasteiger charge is -2.08. The van der Waals surface area contributed by atoms with E-state index < -0.39 is 0 Å². The maximum absolute atomic E-state index is 12.6. The molecule has 0 aliphatic carbocycles. The number of hydrogen-bond acceptors (Lipinski definition) is 6. The van der Waals surface area contributed by atoms with Crippen LogP contribution in [0.25, 0.3) is 10.2 Å². The van der Waals surface area contributed by atoms with Crippen LogP contribution >= 0.6 is 11.3 Å². The van der Waals surface area contributed by atoms with Crippen LogP contribution in [-0.2, 0) is 27.3 Å². The van der Waals surface area contributed by atoms with Gasteiger partial charge in [-0.25, -0.2) is 0 Å². The van der Waals surface area contributed by atoms with Crippen LogP contribution in [-0.4, -0.2) is 37.3 Å². The highest BCUT2D eigenvalue weighted by Gasteiger charge is 2.13. The minimum absolute atomic E-state index is 0.000323. The van der Waals surface area contributed by atoms with Gasteiger partial charge in [0, 0.05) is 0 Å². The molecule has 0 N–H and O–H groups in total. The molecule has 29 heavy (non-hydrogen) atoms. The van der Waals surface area contributed by atoms with Crippen molar-refractivity contribution in [2.45, 2.75) is 19.9 Å². The molecule has 0 radical (unpaired) electrons. The maximum atomic E-state index is 12.6. The molecule has 0 saturated carbocycles. The predicted octanol–water partition coefficient (Wildman–Crippen LogP) is 2.95. The van der Waals surface area contributed by atoms with Crippen LogP contribution in [0.3, 0.4) is 0 Å². The highest BCUT2D eigenvalue weighted by atomic mass is 32.1. The average molecular weight is 414 g/mol. The lowest BCUT2D eigenvalue weighted by Crippen LogP contribution is -2.23. The number of thiazole rings is 1. The molecule has 0 atom stereocenters. The van der Waals surface area contributed by atoms with Gasteiger partial charge < -0.3 is 18.8 Å². The third kappa shape index (κ3) is 4.83. The highest BCUT2D eigenvalue weighted by molar-refractivity contribution is 7.16. The Morgan fingerprint density at radius 3 is 2.55 bits per heavy atom. The van der Waals surface area contributed by atoms with Gasteiger partial charge in [0.1, 0.15) is 6.54 Å². The largest absolute Gasteiger partial charge is 0.493 e. The van der Waals surface area contributed by atoms with Crippen LogP contribution in [0.5, 0.6) is 11.5 Å². The smallest absolute Gasteiger partial charge is 0.326 e. The Morgan fingerprint density at radius 2 is 1.83 bits per heavy atom. The first-order chi connectivity index (χ1) is 14.0. The summed E-state index contributed by atoms with van der Waals surface area (Å²) in [7, 11) is 3.10. The van der Waals surface area contributed by atoms with Gasteiger partial charge >= 0.3 is 5.97 Å². The van der Waals surface area contributed by atoms with Crippen LogP contribution in [0.4, 0.5) is 0 Å². The second-order valence-electron chi connectivity index (χ2n) is 6.12. The summed E-state index contributed by atoms with van der Waals surface area (Å²) in [5.74, 6) is 0.459. The number of nitrogens with zero attached hydrogens (tertiary/aromatic N) is 2. The predicted molar refractivity (Wildman–Crippen MR) is 110 cm³/mol. The number of fused-ring (bicyclic) bond motifs is 1. The molecule has 0 unspecified atom stereocenters. The van der Waals surface area contributed by atoms with Gasteiger partial charge in [-0.3, -0.25) is 9.59 Å². The number of benzene rings is 2. The van der Waals surface area contributed by atoms with Crippen LogP contribution in [0, 0.1) is 0 Å². The zero-order chi connectivity index (χ0) is 20.8. The Hall–Kier alpha value is -3.13. The number of ether oxygens (including phenoxy) is 3. The standard InChI is InChI=1S/C21H22N2O5S/c1-4-28-20(25)13-23-15-7-5-6-8-18(15)29-21(23)22-19(24)12-14-9-10-16(26-2)17(11-14)27-3/h5-11H,4,12-13H2,1-3H3. The monoisotopic (exact) mass is 414 g/mol. The van der Waals surface area contributed by atoms with Crippen LogP contribution < -0.4 is 14.3 Å². The molecule has 3 aromatic rings. The summed E-state index contributed by atoms with van der Waals surface area (Å²) in [5, 5.41) is 0. The van der Waals surface area contributed by atoms with Gasteiger partial charge in [0.25, 0.3) is 5.91 Å². The molecule has 3 rings (SSSR count). The van der Waals surface area contributed by atoms with Crippen molar-refractivity contribution >= 4 is 33.4 Å². The molecule has 7 nitrogen and oxygen atoms in total. The fraction of sp³-hybridized carbons (Fsp3) is 0.286. The second kappa shape index (κ2) is 9.38. The van der Waals surface area contributed by atoms with Crippen molar-refractivity contribution in [1.29, 1.82) is 0 Å².